The first-order valence-corrected chi connectivity index (χ1v) is 12.8. The maximum absolute atomic E-state index is 12.9. The van der Waals surface area contributed by atoms with Crippen LogP contribution in [0.25, 0.3) is 0 Å². The number of rotatable bonds is 6. The number of aromatic nitrogens is 2. The minimum absolute atomic E-state index is 0.00897. The highest BCUT2D eigenvalue weighted by molar-refractivity contribution is 7.80. The Labute approximate surface area is 229 Å². The number of halogens is 1. The topological polar surface area (TPSA) is 145 Å². The van der Waals surface area contributed by atoms with Crippen molar-refractivity contribution in [2.45, 2.75) is 38.3 Å². The number of H-pyrrole nitrogens is 1. The van der Waals surface area contributed by atoms with Crippen molar-refractivity contribution in [1.82, 2.24) is 20.2 Å². The molecule has 1 saturated heterocycles. The molecule has 12 heteroatoms. The van der Waals surface area contributed by atoms with Crippen LogP contribution in [0.3, 0.4) is 0 Å². The summed E-state index contributed by atoms with van der Waals surface area (Å²) in [6, 6.07) is 13.4. The Morgan fingerprint density at radius 3 is 2.66 bits per heavy atom. The molecule has 1 aliphatic heterocycles. The molecule has 3 amide bonds. The van der Waals surface area contributed by atoms with Gasteiger partial charge in [0, 0.05) is 17.1 Å². The number of nitrogens with two attached hydrogens (primary N) is 1. The van der Waals surface area contributed by atoms with Crippen LogP contribution >= 0.6 is 23.8 Å². The molecule has 0 aliphatic carbocycles. The van der Waals surface area contributed by atoms with Crippen LogP contribution in [-0.2, 0) is 6.54 Å². The summed E-state index contributed by atoms with van der Waals surface area (Å²) in [4.78, 5) is 47.0. The Kier molecular flexibility index (Phi) is 8.59. The summed E-state index contributed by atoms with van der Waals surface area (Å²) in [7, 11) is 0. The third-order valence-electron chi connectivity index (χ3n) is 6.42. The third kappa shape index (κ3) is 6.12. The van der Waals surface area contributed by atoms with Crippen molar-refractivity contribution in [2.24, 2.45) is 5.73 Å². The monoisotopic (exact) mass is 554 g/mol. The number of carbonyl (C=O) groups is 3. The number of likely N-dealkylation sites (tertiary alicyclic amines) is 1. The summed E-state index contributed by atoms with van der Waals surface area (Å²) in [6.07, 6.45) is 3.49. The number of thiocarbonyl (C=S) groups is 1. The fourth-order valence-corrected chi connectivity index (χ4v) is 5.02. The van der Waals surface area contributed by atoms with E-state index in [1.807, 2.05) is 0 Å². The van der Waals surface area contributed by atoms with Gasteiger partial charge in [0.1, 0.15) is 5.69 Å². The lowest BCUT2D eigenvalue weighted by Gasteiger charge is -2.31. The van der Waals surface area contributed by atoms with Crippen molar-refractivity contribution >= 4 is 52.7 Å². The van der Waals surface area contributed by atoms with Crippen molar-refractivity contribution < 1.29 is 19.5 Å². The second-order valence-electron chi connectivity index (χ2n) is 8.86. The maximum atomic E-state index is 12.9. The molecule has 0 bridgehead atoms. The molecule has 1 unspecified atom stereocenters. The van der Waals surface area contributed by atoms with E-state index in [4.69, 9.17) is 29.6 Å². The lowest BCUT2D eigenvalue weighted by atomic mass is 9.95. The fourth-order valence-electron chi connectivity index (χ4n) is 4.59. The number of amides is 3. The average molecular weight is 555 g/mol. The van der Waals surface area contributed by atoms with E-state index < -0.39 is 23.9 Å². The van der Waals surface area contributed by atoms with Crippen LogP contribution in [0.5, 0.6) is 0 Å². The molecule has 10 nitrogen and oxygen atoms in total. The van der Waals surface area contributed by atoms with Gasteiger partial charge in [0.2, 0.25) is 0 Å². The Morgan fingerprint density at radius 2 is 1.95 bits per heavy atom. The molecule has 38 heavy (non-hydrogen) atoms. The average Bonchev–Trinajstić information content (AvgIpc) is 3.25. The van der Waals surface area contributed by atoms with E-state index in [2.05, 4.69) is 15.3 Å². The van der Waals surface area contributed by atoms with Gasteiger partial charge < -0.3 is 20.7 Å². The summed E-state index contributed by atoms with van der Waals surface area (Å²) in [5, 5.41) is 13.1. The zero-order valence-corrected chi connectivity index (χ0v) is 22.0. The lowest BCUT2D eigenvalue weighted by molar-refractivity contribution is 0.0974. The van der Waals surface area contributed by atoms with Crippen LogP contribution in [0.15, 0.2) is 54.9 Å². The molecule has 4 rings (SSSR count). The van der Waals surface area contributed by atoms with E-state index in [9.17, 15) is 19.5 Å². The molecule has 1 aromatic heterocycles. The number of carbonyl (C=O) groups excluding carboxylic acids is 2. The first-order chi connectivity index (χ1) is 18.3. The Balaban J connectivity index is 1.73. The minimum atomic E-state index is -1.01. The van der Waals surface area contributed by atoms with Gasteiger partial charge in [0.05, 0.1) is 18.9 Å². The molecule has 0 saturated carbocycles. The van der Waals surface area contributed by atoms with Crippen molar-refractivity contribution in [2.75, 3.05) is 11.4 Å². The SMILES string of the molecule is NC(=O)c1[nH]cnc1N(Cc1ccc(Cl)cc1C1CCCCCN1C(=O)O)C(=S)NC(=O)c1ccccc1. The molecule has 3 aromatic rings. The van der Waals surface area contributed by atoms with Crippen LogP contribution < -0.4 is 16.0 Å². The Morgan fingerprint density at radius 1 is 1.18 bits per heavy atom. The molecule has 1 atom stereocenters. The second-order valence-corrected chi connectivity index (χ2v) is 9.68. The number of hydrogen-bond donors (Lipinski definition) is 4. The van der Waals surface area contributed by atoms with Gasteiger partial charge >= 0.3 is 6.09 Å². The van der Waals surface area contributed by atoms with Gasteiger partial charge in [-0.15, -0.1) is 0 Å². The van der Waals surface area contributed by atoms with Crippen molar-refractivity contribution in [1.29, 1.82) is 0 Å². The number of nitrogens with zero attached hydrogens (tertiary/aromatic N) is 3. The number of anilines is 1. The smallest absolute Gasteiger partial charge is 0.407 e. The molecule has 198 valence electrons. The van der Waals surface area contributed by atoms with Crippen LogP contribution in [0.4, 0.5) is 10.6 Å². The van der Waals surface area contributed by atoms with E-state index in [0.717, 1.165) is 24.8 Å². The first kappa shape index (κ1) is 27.1. The number of carboxylic acid groups (broad SMARTS) is 1. The highest BCUT2D eigenvalue weighted by atomic mass is 35.5. The van der Waals surface area contributed by atoms with E-state index >= 15 is 0 Å². The Hall–Kier alpha value is -3.96. The summed E-state index contributed by atoms with van der Waals surface area (Å²) < 4.78 is 0. The van der Waals surface area contributed by atoms with Gasteiger partial charge in [-0.3, -0.25) is 19.8 Å². The van der Waals surface area contributed by atoms with Crippen LogP contribution in [0, 0.1) is 0 Å². The zero-order valence-electron chi connectivity index (χ0n) is 20.4. The van der Waals surface area contributed by atoms with Crippen molar-refractivity contribution in [3.05, 3.63) is 82.3 Å². The van der Waals surface area contributed by atoms with Crippen molar-refractivity contribution in [3.63, 3.8) is 0 Å². The number of benzene rings is 2. The highest BCUT2D eigenvalue weighted by Gasteiger charge is 2.30. The molecule has 5 N–H and O–H groups in total. The van der Waals surface area contributed by atoms with E-state index in [-0.39, 0.29) is 23.2 Å². The van der Waals surface area contributed by atoms with E-state index in [0.29, 0.717) is 29.1 Å². The number of primary amides is 1. The molecule has 1 fully saturated rings. The number of aromatic amines is 1. The number of nitrogens with one attached hydrogen (secondary N) is 2. The molecule has 2 heterocycles. The maximum Gasteiger partial charge on any atom is 0.407 e. The second kappa shape index (κ2) is 12.1. The quantitative estimate of drug-likeness (QED) is 0.329. The zero-order chi connectivity index (χ0) is 27.2. The van der Waals surface area contributed by atoms with Gasteiger partial charge in [-0.1, -0.05) is 48.7 Å². The third-order valence-corrected chi connectivity index (χ3v) is 6.97. The predicted octanol–water partition coefficient (Wildman–Crippen LogP) is 4.48. The van der Waals surface area contributed by atoms with Gasteiger partial charge in [0.25, 0.3) is 11.8 Å². The van der Waals surface area contributed by atoms with Crippen LogP contribution in [-0.4, -0.2) is 49.5 Å². The van der Waals surface area contributed by atoms with Gasteiger partial charge in [-0.2, -0.15) is 0 Å². The van der Waals surface area contributed by atoms with E-state index in [1.165, 1.54) is 16.1 Å². The number of imidazole rings is 1. The summed E-state index contributed by atoms with van der Waals surface area (Å²) in [5.74, 6) is -1.06. The van der Waals surface area contributed by atoms with Gasteiger partial charge in [0.15, 0.2) is 10.9 Å². The summed E-state index contributed by atoms with van der Waals surface area (Å²) in [6.45, 7) is 0.474. The molecule has 2 aromatic carbocycles. The Bertz CT molecular complexity index is 1350. The first-order valence-electron chi connectivity index (χ1n) is 12.0. The van der Waals surface area contributed by atoms with Crippen LogP contribution in [0.2, 0.25) is 5.02 Å². The number of hydrogen-bond acceptors (Lipinski definition) is 5. The van der Waals surface area contributed by atoms with Gasteiger partial charge in [-0.05, 0) is 60.5 Å². The predicted molar refractivity (Wildman–Crippen MR) is 147 cm³/mol. The molecule has 0 radical (unpaired) electrons. The molecule has 1 aliphatic rings. The summed E-state index contributed by atoms with van der Waals surface area (Å²) in [5.41, 5.74) is 7.40. The van der Waals surface area contributed by atoms with Crippen LogP contribution in [0.1, 0.15) is 63.7 Å². The molecular weight excluding hydrogens is 528 g/mol. The largest absolute Gasteiger partial charge is 0.465 e. The molecular formula is C26H27ClN6O4S. The lowest BCUT2D eigenvalue weighted by Crippen LogP contribution is -2.43. The standard InChI is InChI=1S/C26H27ClN6O4S/c27-18-11-10-17(19(13-18)20-9-5-2-6-12-32(20)26(36)37)14-33(23-21(22(28)34)29-15-30-23)25(38)31-24(35)16-7-3-1-4-8-16/h1,3-4,7-8,10-11,13,15,20H,2,5-6,9,12,14H2,(H2,28,34)(H,29,30)(H,36,37)(H,31,35,38). The van der Waals surface area contributed by atoms with Crippen molar-refractivity contribution in [3.8, 4) is 0 Å². The highest BCUT2D eigenvalue weighted by Crippen LogP contribution is 2.35. The van der Waals surface area contributed by atoms with Gasteiger partial charge in [-0.25, -0.2) is 9.78 Å². The molecule has 0 spiro atoms. The van der Waals surface area contributed by atoms with E-state index in [1.54, 1.807) is 48.5 Å². The fraction of sp³-hybridized carbons (Fsp3) is 0.269. The normalized spacial score (nSPS) is 15.4. The summed E-state index contributed by atoms with van der Waals surface area (Å²) >= 11 is 12.0. The minimum Gasteiger partial charge on any atom is -0.465 e.